The average molecular weight is 187 g/mol. The molecule has 0 unspecified atom stereocenters. The van der Waals surface area contributed by atoms with E-state index in [1.165, 1.54) is 11.3 Å². The molecule has 0 spiro atoms. The Balaban J connectivity index is 2.84. The molecule has 1 rings (SSSR count). The van der Waals surface area contributed by atoms with Crippen molar-refractivity contribution in [3.8, 4) is 0 Å². The molecule has 1 nitrogen and oxygen atoms in total. The molecule has 0 atom stereocenters. The van der Waals surface area contributed by atoms with Gasteiger partial charge in [0.2, 0.25) is 0 Å². The normalized spacial score (nSPS) is 11.2. The van der Waals surface area contributed by atoms with E-state index >= 15 is 0 Å². The van der Waals surface area contributed by atoms with Crippen molar-refractivity contribution < 1.29 is 0 Å². The minimum absolute atomic E-state index is 1.16. The molecule has 0 aliphatic heterocycles. The first-order valence-corrected chi connectivity index (χ1v) is 4.74. The second kappa shape index (κ2) is 4.66. The van der Waals surface area contributed by atoms with Crippen molar-refractivity contribution in [2.45, 2.75) is 13.8 Å². The third-order valence-corrected chi connectivity index (χ3v) is 2.16. The number of anilines is 1. The lowest BCUT2D eigenvalue weighted by Gasteiger charge is -2.15. The van der Waals surface area contributed by atoms with Gasteiger partial charge in [-0.25, -0.2) is 0 Å². The molecule has 0 heterocycles. The highest BCUT2D eigenvalue weighted by atomic mass is 15.1. The average Bonchev–Trinajstić information content (AvgIpc) is 2.18. The highest BCUT2D eigenvalue weighted by Gasteiger charge is 1.95. The van der Waals surface area contributed by atoms with E-state index in [1.807, 2.05) is 20.0 Å². The number of nitrogens with zero attached hydrogens (tertiary/aromatic N) is 1. The Bertz CT molecular complexity index is 333. The first-order valence-electron chi connectivity index (χ1n) is 4.74. The fourth-order valence-corrected chi connectivity index (χ4v) is 1.21. The fraction of sp³-hybridized carbons (Fsp3) is 0.231. The van der Waals surface area contributed by atoms with Crippen LogP contribution in [-0.2, 0) is 0 Å². The second-order valence-electron chi connectivity index (χ2n) is 3.52. The van der Waals surface area contributed by atoms with Crippen LogP contribution in [0.1, 0.15) is 12.5 Å². The molecule has 0 fully saturated rings. The maximum atomic E-state index is 3.73. The number of aryl methyl sites for hydroxylation is 1. The predicted molar refractivity (Wildman–Crippen MR) is 63.5 cm³/mol. The minimum atomic E-state index is 1.16. The lowest BCUT2D eigenvalue weighted by molar-refractivity contribution is 1.18. The van der Waals surface area contributed by atoms with Gasteiger partial charge >= 0.3 is 0 Å². The van der Waals surface area contributed by atoms with Gasteiger partial charge in [0.25, 0.3) is 0 Å². The van der Waals surface area contributed by atoms with Gasteiger partial charge in [0.05, 0.1) is 0 Å². The molecule has 0 saturated carbocycles. The van der Waals surface area contributed by atoms with Crippen LogP contribution in [0.3, 0.4) is 0 Å². The van der Waals surface area contributed by atoms with Crippen LogP contribution in [-0.4, -0.2) is 7.05 Å². The third-order valence-electron chi connectivity index (χ3n) is 2.16. The Morgan fingerprint density at radius 1 is 1.29 bits per heavy atom. The van der Waals surface area contributed by atoms with Crippen LogP contribution in [0, 0.1) is 6.92 Å². The second-order valence-corrected chi connectivity index (χ2v) is 3.52. The van der Waals surface area contributed by atoms with E-state index in [0.717, 1.165) is 5.57 Å². The summed E-state index contributed by atoms with van der Waals surface area (Å²) in [6.07, 6.45) is 3.92. The van der Waals surface area contributed by atoms with Crippen molar-refractivity contribution in [2.75, 3.05) is 11.9 Å². The van der Waals surface area contributed by atoms with Crippen molar-refractivity contribution in [1.82, 2.24) is 0 Å². The number of hydrogen-bond donors (Lipinski definition) is 0. The largest absolute Gasteiger partial charge is 0.351 e. The number of allylic oxidation sites excluding steroid dienone is 2. The topological polar surface area (TPSA) is 3.24 Å². The molecule has 0 amide bonds. The Labute approximate surface area is 86.4 Å². The van der Waals surface area contributed by atoms with E-state index in [9.17, 15) is 0 Å². The zero-order valence-electron chi connectivity index (χ0n) is 9.12. The monoisotopic (exact) mass is 187 g/mol. The van der Waals surface area contributed by atoms with Gasteiger partial charge in [0.15, 0.2) is 0 Å². The van der Waals surface area contributed by atoms with Crippen LogP contribution in [0.5, 0.6) is 0 Å². The molecule has 14 heavy (non-hydrogen) atoms. The van der Waals surface area contributed by atoms with Crippen LogP contribution < -0.4 is 4.90 Å². The molecule has 1 aromatic carbocycles. The Kier molecular flexibility index (Phi) is 3.52. The molecule has 0 bridgehead atoms. The molecule has 1 heteroatoms. The molecule has 1 aromatic rings. The van der Waals surface area contributed by atoms with Crippen LogP contribution in [0.25, 0.3) is 0 Å². The van der Waals surface area contributed by atoms with Gasteiger partial charge in [-0.2, -0.15) is 0 Å². The van der Waals surface area contributed by atoms with Crippen molar-refractivity contribution in [3.63, 3.8) is 0 Å². The standard InChI is InChI=1S/C13H17N/c1-5-11(2)10-14(4)13-8-6-12(3)7-9-13/h5-10H,1H2,2-4H3/b11-10-. The Hall–Kier alpha value is -1.50. The fourth-order valence-electron chi connectivity index (χ4n) is 1.21. The summed E-state index contributed by atoms with van der Waals surface area (Å²) >= 11 is 0. The van der Waals surface area contributed by atoms with E-state index < -0.39 is 0 Å². The smallest absolute Gasteiger partial charge is 0.0403 e. The predicted octanol–water partition coefficient (Wildman–Crippen LogP) is 3.52. The van der Waals surface area contributed by atoms with Crippen LogP contribution in [0.2, 0.25) is 0 Å². The highest BCUT2D eigenvalue weighted by Crippen LogP contribution is 2.14. The van der Waals surface area contributed by atoms with Gasteiger partial charge in [-0.3, -0.25) is 0 Å². The molecular weight excluding hydrogens is 170 g/mol. The van der Waals surface area contributed by atoms with E-state index in [4.69, 9.17) is 0 Å². The molecule has 0 aliphatic rings. The van der Waals surface area contributed by atoms with Crippen molar-refractivity contribution in [1.29, 1.82) is 0 Å². The molecule has 0 N–H and O–H groups in total. The van der Waals surface area contributed by atoms with Gasteiger partial charge < -0.3 is 4.90 Å². The van der Waals surface area contributed by atoms with Gasteiger partial charge in [-0.15, -0.1) is 0 Å². The summed E-state index contributed by atoms with van der Waals surface area (Å²) in [6, 6.07) is 8.45. The summed E-state index contributed by atoms with van der Waals surface area (Å²) < 4.78 is 0. The summed E-state index contributed by atoms with van der Waals surface area (Å²) in [5, 5.41) is 0. The Morgan fingerprint density at radius 3 is 2.36 bits per heavy atom. The van der Waals surface area contributed by atoms with Crippen molar-refractivity contribution in [3.05, 3.63) is 54.3 Å². The molecule has 0 aromatic heterocycles. The maximum absolute atomic E-state index is 3.73. The van der Waals surface area contributed by atoms with Crippen LogP contribution in [0.15, 0.2) is 48.7 Å². The van der Waals surface area contributed by atoms with Crippen molar-refractivity contribution >= 4 is 5.69 Å². The number of benzene rings is 1. The summed E-state index contributed by atoms with van der Waals surface area (Å²) in [5.74, 6) is 0. The quantitative estimate of drug-likeness (QED) is 0.654. The highest BCUT2D eigenvalue weighted by molar-refractivity contribution is 5.50. The van der Waals surface area contributed by atoms with E-state index in [-0.39, 0.29) is 0 Å². The Morgan fingerprint density at radius 2 is 1.86 bits per heavy atom. The molecule has 74 valence electrons. The van der Waals surface area contributed by atoms with E-state index in [0.29, 0.717) is 0 Å². The molecule has 0 radical (unpaired) electrons. The van der Waals surface area contributed by atoms with Gasteiger partial charge in [0.1, 0.15) is 0 Å². The third kappa shape index (κ3) is 2.77. The zero-order chi connectivity index (χ0) is 10.6. The zero-order valence-corrected chi connectivity index (χ0v) is 9.12. The van der Waals surface area contributed by atoms with E-state index in [1.54, 1.807) is 0 Å². The SMILES string of the molecule is C=C/C(C)=C\N(C)c1ccc(C)cc1. The summed E-state index contributed by atoms with van der Waals surface area (Å²) in [4.78, 5) is 2.09. The van der Waals surface area contributed by atoms with Gasteiger partial charge in [0, 0.05) is 18.9 Å². The van der Waals surface area contributed by atoms with E-state index in [2.05, 4.69) is 48.9 Å². The summed E-state index contributed by atoms with van der Waals surface area (Å²) in [5.41, 5.74) is 3.64. The van der Waals surface area contributed by atoms with Gasteiger partial charge in [-0.05, 0) is 31.6 Å². The van der Waals surface area contributed by atoms with Crippen molar-refractivity contribution in [2.24, 2.45) is 0 Å². The lowest BCUT2D eigenvalue weighted by atomic mass is 10.2. The lowest BCUT2D eigenvalue weighted by Crippen LogP contribution is -2.08. The van der Waals surface area contributed by atoms with Gasteiger partial charge in [-0.1, -0.05) is 30.4 Å². The maximum Gasteiger partial charge on any atom is 0.0403 e. The van der Waals surface area contributed by atoms with Crippen LogP contribution >= 0.6 is 0 Å². The number of hydrogen-bond acceptors (Lipinski definition) is 1. The molecule has 0 aliphatic carbocycles. The van der Waals surface area contributed by atoms with Crippen LogP contribution in [0.4, 0.5) is 5.69 Å². The molecular formula is C13H17N. The first-order chi connectivity index (χ1) is 6.63. The summed E-state index contributed by atoms with van der Waals surface area (Å²) in [6.45, 7) is 7.86. The summed E-state index contributed by atoms with van der Waals surface area (Å²) in [7, 11) is 2.04. The first kappa shape index (κ1) is 10.6. The minimum Gasteiger partial charge on any atom is -0.351 e. The number of rotatable bonds is 3. The molecule has 0 saturated heterocycles.